The number of carbonyl (C=O) groups is 3. The minimum absolute atomic E-state index is 0.0731. The zero-order valence-electron chi connectivity index (χ0n) is 21.1. The lowest BCUT2D eigenvalue weighted by Crippen LogP contribution is -2.51. The Labute approximate surface area is 215 Å². The Hall–Kier alpha value is -3.16. The summed E-state index contributed by atoms with van der Waals surface area (Å²) in [6.07, 6.45) is 0.617. The highest BCUT2D eigenvalue weighted by Gasteiger charge is 2.45. The van der Waals surface area contributed by atoms with Crippen LogP contribution in [0.4, 0.5) is 18.9 Å². The lowest BCUT2D eigenvalue weighted by Gasteiger charge is -2.43. The summed E-state index contributed by atoms with van der Waals surface area (Å²) in [5.74, 6) is -4.01. The second kappa shape index (κ2) is 11.1. The number of ketones is 1. The van der Waals surface area contributed by atoms with Crippen LogP contribution in [-0.4, -0.2) is 47.6 Å². The molecule has 2 amide bonds. The van der Waals surface area contributed by atoms with Gasteiger partial charge in [-0.1, -0.05) is 36.4 Å². The van der Waals surface area contributed by atoms with E-state index in [1.165, 1.54) is 17.9 Å². The fourth-order valence-corrected chi connectivity index (χ4v) is 5.64. The summed E-state index contributed by atoms with van der Waals surface area (Å²) in [6, 6.07) is 14.3. The van der Waals surface area contributed by atoms with Crippen LogP contribution in [0, 0.1) is 11.2 Å². The molecule has 1 saturated heterocycles. The van der Waals surface area contributed by atoms with Crippen molar-refractivity contribution >= 4 is 23.3 Å². The van der Waals surface area contributed by atoms with Gasteiger partial charge in [-0.3, -0.25) is 14.4 Å². The quantitative estimate of drug-likeness (QED) is 0.486. The van der Waals surface area contributed by atoms with Gasteiger partial charge in [0.05, 0.1) is 6.42 Å². The van der Waals surface area contributed by atoms with Crippen molar-refractivity contribution in [3.63, 3.8) is 0 Å². The number of benzene rings is 2. The molecule has 1 heterocycles. The summed E-state index contributed by atoms with van der Waals surface area (Å²) in [6.45, 7) is 1.99. The van der Waals surface area contributed by atoms with E-state index in [9.17, 15) is 27.6 Å². The molecule has 37 heavy (non-hydrogen) atoms. The lowest BCUT2D eigenvalue weighted by molar-refractivity contribution is -0.140. The molecule has 1 saturated carbocycles. The molecule has 8 heteroatoms. The Morgan fingerprint density at radius 1 is 0.973 bits per heavy atom. The van der Waals surface area contributed by atoms with Crippen molar-refractivity contribution in [3.05, 3.63) is 66.0 Å². The molecule has 0 bridgehead atoms. The molecule has 1 atom stereocenters. The summed E-state index contributed by atoms with van der Waals surface area (Å²) in [5.41, 5.74) is -0.115. The third-order valence-corrected chi connectivity index (χ3v) is 7.89. The van der Waals surface area contributed by atoms with E-state index in [1.807, 2.05) is 0 Å². The van der Waals surface area contributed by atoms with Crippen LogP contribution >= 0.6 is 0 Å². The van der Waals surface area contributed by atoms with Crippen molar-refractivity contribution in [2.45, 2.75) is 70.3 Å². The van der Waals surface area contributed by atoms with Gasteiger partial charge in [0.15, 0.2) is 0 Å². The number of amides is 2. The van der Waals surface area contributed by atoms with E-state index in [4.69, 9.17) is 0 Å². The number of hydrogen-bond donors (Lipinski definition) is 0. The second-order valence-corrected chi connectivity index (χ2v) is 10.4. The van der Waals surface area contributed by atoms with Crippen LogP contribution in [0.15, 0.2) is 54.6 Å². The smallest absolute Gasteiger partial charge is 0.250 e. The van der Waals surface area contributed by atoms with Gasteiger partial charge in [-0.2, -0.15) is 0 Å². The number of carbonyl (C=O) groups excluding carboxylic acids is 3. The van der Waals surface area contributed by atoms with Gasteiger partial charge in [-0.05, 0) is 56.4 Å². The number of para-hydroxylation sites is 1. The highest BCUT2D eigenvalue weighted by Crippen LogP contribution is 2.41. The van der Waals surface area contributed by atoms with Crippen LogP contribution in [-0.2, 0) is 20.8 Å². The third-order valence-electron chi connectivity index (χ3n) is 7.89. The first kappa shape index (κ1) is 26.9. The molecular weight excluding hydrogens is 481 g/mol. The summed E-state index contributed by atoms with van der Waals surface area (Å²) in [4.78, 5) is 42.5. The minimum Gasteiger partial charge on any atom is -0.342 e. The molecule has 0 radical (unpaired) electrons. The lowest BCUT2D eigenvalue weighted by atomic mass is 9.72. The molecule has 2 aliphatic rings. The normalized spacial score (nSPS) is 20.8. The fraction of sp³-hybridized carbons (Fsp3) is 0.483. The summed E-state index contributed by atoms with van der Waals surface area (Å²) in [5, 5.41) is 0. The topological polar surface area (TPSA) is 57.7 Å². The van der Waals surface area contributed by atoms with Crippen molar-refractivity contribution in [3.8, 4) is 0 Å². The molecule has 0 spiro atoms. The first-order chi connectivity index (χ1) is 17.6. The zero-order valence-corrected chi connectivity index (χ0v) is 21.1. The SMILES string of the molecule is CC(=O)C1(CC(=O)N(c2ccccc2)C2CCCC(F)(F)C2)CCN(C(=O)Cc2ccccc2F)CC1. The highest BCUT2D eigenvalue weighted by atomic mass is 19.3. The van der Waals surface area contributed by atoms with E-state index in [0.29, 0.717) is 36.9 Å². The molecule has 5 nitrogen and oxygen atoms in total. The van der Waals surface area contributed by atoms with Gasteiger partial charge >= 0.3 is 0 Å². The van der Waals surface area contributed by atoms with Gasteiger partial charge in [0.2, 0.25) is 17.7 Å². The van der Waals surface area contributed by atoms with E-state index in [1.54, 1.807) is 53.4 Å². The van der Waals surface area contributed by atoms with Crippen LogP contribution in [0.25, 0.3) is 0 Å². The van der Waals surface area contributed by atoms with Crippen LogP contribution in [0.2, 0.25) is 0 Å². The predicted octanol–water partition coefficient (Wildman–Crippen LogP) is 5.57. The molecule has 0 N–H and O–H groups in total. The number of likely N-dealkylation sites (tertiary alicyclic amines) is 1. The molecule has 1 unspecified atom stereocenters. The number of alkyl halides is 2. The Morgan fingerprint density at radius 2 is 1.62 bits per heavy atom. The molecule has 2 aromatic carbocycles. The molecule has 198 valence electrons. The monoisotopic (exact) mass is 514 g/mol. The molecule has 4 rings (SSSR count). The van der Waals surface area contributed by atoms with Crippen molar-refractivity contribution in [1.82, 2.24) is 4.90 Å². The summed E-state index contributed by atoms with van der Waals surface area (Å²) in [7, 11) is 0. The van der Waals surface area contributed by atoms with E-state index in [0.717, 1.165) is 0 Å². The number of Topliss-reactive ketones (excluding diaryl/α,β-unsaturated/α-hetero) is 1. The predicted molar refractivity (Wildman–Crippen MR) is 135 cm³/mol. The number of anilines is 1. The zero-order chi connectivity index (χ0) is 26.6. The molecule has 1 aliphatic carbocycles. The second-order valence-electron chi connectivity index (χ2n) is 10.4. The number of piperidine rings is 1. The Morgan fingerprint density at radius 3 is 2.24 bits per heavy atom. The molecule has 2 fully saturated rings. The molecule has 1 aliphatic heterocycles. The number of rotatable bonds is 7. The van der Waals surface area contributed by atoms with E-state index in [2.05, 4.69) is 0 Å². The van der Waals surface area contributed by atoms with Crippen LogP contribution in [0.3, 0.4) is 0 Å². The van der Waals surface area contributed by atoms with Gasteiger partial charge in [-0.15, -0.1) is 0 Å². The van der Waals surface area contributed by atoms with Gasteiger partial charge in [0, 0.05) is 49.5 Å². The standard InChI is InChI=1S/C29H33F3N2O3/c1-21(35)28(14-16-33(17-15-28)26(36)18-22-8-5-6-12-25(22)30)20-27(37)34(23-9-3-2-4-10-23)24-11-7-13-29(31,32)19-24/h2-6,8-10,12,24H,7,11,13-20H2,1H3. The largest absolute Gasteiger partial charge is 0.342 e. The molecular formula is C29H33F3N2O3. The molecule has 2 aromatic rings. The number of halogens is 3. The highest BCUT2D eigenvalue weighted by molar-refractivity contribution is 5.98. The van der Waals surface area contributed by atoms with Crippen LogP contribution in [0.1, 0.15) is 57.4 Å². The van der Waals surface area contributed by atoms with Gasteiger partial charge < -0.3 is 9.80 Å². The summed E-state index contributed by atoms with van der Waals surface area (Å²) >= 11 is 0. The first-order valence-electron chi connectivity index (χ1n) is 12.9. The maximum atomic E-state index is 14.3. The number of nitrogens with zero attached hydrogens (tertiary/aromatic N) is 2. The Bertz CT molecular complexity index is 1130. The first-order valence-corrected chi connectivity index (χ1v) is 12.9. The minimum atomic E-state index is -2.83. The third kappa shape index (κ3) is 6.22. The Balaban J connectivity index is 1.49. The van der Waals surface area contributed by atoms with Crippen molar-refractivity contribution in [2.75, 3.05) is 18.0 Å². The average molecular weight is 515 g/mol. The van der Waals surface area contributed by atoms with E-state index in [-0.39, 0.29) is 49.9 Å². The maximum absolute atomic E-state index is 14.3. The Kier molecular flexibility index (Phi) is 8.05. The van der Waals surface area contributed by atoms with Gasteiger partial charge in [0.1, 0.15) is 11.6 Å². The molecule has 0 aromatic heterocycles. The van der Waals surface area contributed by atoms with Crippen molar-refractivity contribution < 1.29 is 27.6 Å². The van der Waals surface area contributed by atoms with Crippen molar-refractivity contribution in [1.29, 1.82) is 0 Å². The fourth-order valence-electron chi connectivity index (χ4n) is 5.64. The van der Waals surface area contributed by atoms with Crippen LogP contribution in [0.5, 0.6) is 0 Å². The van der Waals surface area contributed by atoms with Crippen molar-refractivity contribution in [2.24, 2.45) is 5.41 Å². The number of hydrogen-bond acceptors (Lipinski definition) is 3. The van der Waals surface area contributed by atoms with Gasteiger partial charge in [-0.25, -0.2) is 13.2 Å². The van der Waals surface area contributed by atoms with Crippen LogP contribution < -0.4 is 4.90 Å². The van der Waals surface area contributed by atoms with E-state index < -0.39 is 29.6 Å². The average Bonchev–Trinajstić information content (AvgIpc) is 2.86. The van der Waals surface area contributed by atoms with Gasteiger partial charge in [0.25, 0.3) is 0 Å². The maximum Gasteiger partial charge on any atom is 0.250 e. The summed E-state index contributed by atoms with van der Waals surface area (Å²) < 4.78 is 42.6. The van der Waals surface area contributed by atoms with E-state index >= 15 is 0 Å².